The normalized spacial score (nSPS) is 21.0. The second-order valence-electron chi connectivity index (χ2n) is 6.61. The van der Waals surface area contributed by atoms with Gasteiger partial charge in [-0.05, 0) is 43.7 Å². The van der Waals surface area contributed by atoms with E-state index in [2.05, 4.69) is 15.5 Å². The van der Waals surface area contributed by atoms with Gasteiger partial charge in [-0.25, -0.2) is 4.79 Å². The predicted molar refractivity (Wildman–Crippen MR) is 96.0 cm³/mol. The topological polar surface area (TPSA) is 102 Å². The van der Waals surface area contributed by atoms with Gasteiger partial charge in [-0.3, -0.25) is 24.7 Å². The number of anilines is 1. The molecule has 2 saturated heterocycles. The number of imide groups is 1. The third kappa shape index (κ3) is 4.20. The number of aliphatic hydroxyl groups excluding tert-OH is 1. The number of nitrogens with zero attached hydrogens (tertiary/aromatic N) is 2. The second kappa shape index (κ2) is 8.29. The molecule has 0 unspecified atom stereocenters. The molecule has 140 valence electrons. The molecular formula is C18H24N4O4. The van der Waals surface area contributed by atoms with Gasteiger partial charge in [0.1, 0.15) is 6.54 Å². The standard InChI is InChI=1S/C18H24N4O4/c23-12-15-3-1-2-9-21(15)10-8-19-17(25)13-4-6-14(7-5-13)22-11-16(24)20-18(22)26/h4-7,15,23H,1-3,8-12H2,(H,19,25)(H,20,24,26)/t15-/m0/s1. The van der Waals surface area contributed by atoms with Crippen LogP contribution in [0.25, 0.3) is 0 Å². The van der Waals surface area contributed by atoms with Gasteiger partial charge in [0, 0.05) is 30.4 Å². The highest BCUT2D eigenvalue weighted by Crippen LogP contribution is 2.18. The van der Waals surface area contributed by atoms with E-state index in [0.29, 0.717) is 24.3 Å². The van der Waals surface area contributed by atoms with Crippen LogP contribution >= 0.6 is 0 Å². The van der Waals surface area contributed by atoms with Crippen molar-refractivity contribution in [2.75, 3.05) is 37.7 Å². The molecule has 0 aromatic heterocycles. The Hall–Kier alpha value is -2.45. The van der Waals surface area contributed by atoms with E-state index < -0.39 is 6.03 Å². The van der Waals surface area contributed by atoms with E-state index in [1.54, 1.807) is 24.3 Å². The number of aliphatic hydroxyl groups is 1. The van der Waals surface area contributed by atoms with Gasteiger partial charge in [-0.15, -0.1) is 0 Å². The van der Waals surface area contributed by atoms with E-state index in [9.17, 15) is 19.5 Å². The van der Waals surface area contributed by atoms with Crippen molar-refractivity contribution in [3.8, 4) is 0 Å². The van der Waals surface area contributed by atoms with E-state index in [1.807, 2.05) is 0 Å². The van der Waals surface area contributed by atoms with Crippen molar-refractivity contribution in [2.24, 2.45) is 0 Å². The maximum Gasteiger partial charge on any atom is 0.329 e. The third-order valence-electron chi connectivity index (χ3n) is 4.88. The van der Waals surface area contributed by atoms with Gasteiger partial charge in [-0.1, -0.05) is 6.42 Å². The van der Waals surface area contributed by atoms with Crippen LogP contribution in [-0.2, 0) is 4.79 Å². The zero-order valence-corrected chi connectivity index (χ0v) is 14.6. The lowest BCUT2D eigenvalue weighted by Crippen LogP contribution is -2.45. The average Bonchev–Trinajstić information content (AvgIpc) is 3.00. The molecule has 2 heterocycles. The lowest BCUT2D eigenvalue weighted by molar-refractivity contribution is -0.117. The fourth-order valence-corrected chi connectivity index (χ4v) is 3.42. The second-order valence-corrected chi connectivity index (χ2v) is 6.61. The molecule has 2 aliphatic rings. The first-order valence-electron chi connectivity index (χ1n) is 8.93. The van der Waals surface area contributed by atoms with Crippen LogP contribution in [0.1, 0.15) is 29.6 Å². The number of rotatable bonds is 6. The maximum atomic E-state index is 12.3. The molecule has 0 saturated carbocycles. The smallest absolute Gasteiger partial charge is 0.329 e. The molecule has 0 radical (unpaired) electrons. The number of carbonyl (C=O) groups is 3. The number of nitrogens with one attached hydrogen (secondary N) is 2. The number of hydrogen-bond acceptors (Lipinski definition) is 5. The van der Waals surface area contributed by atoms with Gasteiger partial charge in [0.15, 0.2) is 0 Å². The minimum atomic E-state index is -0.452. The molecule has 0 spiro atoms. The van der Waals surface area contributed by atoms with Crippen LogP contribution in [0, 0.1) is 0 Å². The van der Waals surface area contributed by atoms with Crippen molar-refractivity contribution in [3.63, 3.8) is 0 Å². The Kier molecular flexibility index (Phi) is 5.85. The summed E-state index contributed by atoms with van der Waals surface area (Å²) in [5.74, 6) is -0.522. The summed E-state index contributed by atoms with van der Waals surface area (Å²) in [5.41, 5.74) is 1.07. The highest BCUT2D eigenvalue weighted by atomic mass is 16.3. The number of urea groups is 1. The molecule has 3 N–H and O–H groups in total. The number of likely N-dealkylation sites (tertiary alicyclic amines) is 1. The van der Waals surface area contributed by atoms with Crippen molar-refractivity contribution < 1.29 is 19.5 Å². The van der Waals surface area contributed by atoms with Gasteiger partial charge in [-0.2, -0.15) is 0 Å². The average molecular weight is 360 g/mol. The molecule has 26 heavy (non-hydrogen) atoms. The summed E-state index contributed by atoms with van der Waals surface area (Å²) in [6.45, 7) is 2.33. The van der Waals surface area contributed by atoms with Gasteiger partial charge < -0.3 is 10.4 Å². The Bertz CT molecular complexity index is 676. The van der Waals surface area contributed by atoms with E-state index in [1.165, 1.54) is 4.90 Å². The van der Waals surface area contributed by atoms with Crippen molar-refractivity contribution in [3.05, 3.63) is 29.8 Å². The number of hydrogen-bond donors (Lipinski definition) is 3. The van der Waals surface area contributed by atoms with Crippen LogP contribution in [0.15, 0.2) is 24.3 Å². The Morgan fingerprint density at radius 3 is 2.65 bits per heavy atom. The summed E-state index contributed by atoms with van der Waals surface area (Å²) in [6, 6.07) is 6.32. The first kappa shape index (κ1) is 18.3. The van der Waals surface area contributed by atoms with Crippen LogP contribution in [-0.4, -0.2) is 66.7 Å². The lowest BCUT2D eigenvalue weighted by Gasteiger charge is -2.34. The maximum absolute atomic E-state index is 12.3. The SMILES string of the molecule is O=C1CN(c2ccc(C(=O)NCCN3CCCC[C@H]3CO)cc2)C(=O)N1. The molecule has 8 heteroatoms. The molecule has 0 bridgehead atoms. The van der Waals surface area contributed by atoms with Crippen LogP contribution < -0.4 is 15.5 Å². The number of carbonyl (C=O) groups excluding carboxylic acids is 3. The van der Waals surface area contributed by atoms with E-state index in [0.717, 1.165) is 25.8 Å². The summed E-state index contributed by atoms with van der Waals surface area (Å²) >= 11 is 0. The van der Waals surface area contributed by atoms with Crippen LogP contribution in [0.5, 0.6) is 0 Å². The molecule has 2 aliphatic heterocycles. The van der Waals surface area contributed by atoms with Gasteiger partial charge in [0.25, 0.3) is 5.91 Å². The molecule has 1 aromatic rings. The Labute approximate surface area is 152 Å². The van der Waals surface area contributed by atoms with Crippen LogP contribution in [0.3, 0.4) is 0 Å². The summed E-state index contributed by atoms with van der Waals surface area (Å²) in [6.07, 6.45) is 3.26. The Balaban J connectivity index is 1.50. The highest BCUT2D eigenvalue weighted by Gasteiger charge is 2.28. The quantitative estimate of drug-likeness (QED) is 0.634. The molecule has 1 aromatic carbocycles. The number of piperidine rings is 1. The zero-order chi connectivity index (χ0) is 18.5. The van der Waals surface area contributed by atoms with Crippen molar-refractivity contribution in [1.29, 1.82) is 0 Å². The summed E-state index contributed by atoms with van der Waals surface area (Å²) in [7, 11) is 0. The minimum absolute atomic E-state index is 0.00770. The fraction of sp³-hybridized carbons (Fsp3) is 0.500. The van der Waals surface area contributed by atoms with Crippen molar-refractivity contribution in [1.82, 2.24) is 15.5 Å². The molecule has 2 fully saturated rings. The summed E-state index contributed by atoms with van der Waals surface area (Å²) < 4.78 is 0. The monoisotopic (exact) mass is 360 g/mol. The largest absolute Gasteiger partial charge is 0.395 e. The summed E-state index contributed by atoms with van der Waals surface area (Å²) in [5, 5.41) is 14.5. The van der Waals surface area contributed by atoms with Crippen molar-refractivity contribution in [2.45, 2.75) is 25.3 Å². The van der Waals surface area contributed by atoms with Crippen molar-refractivity contribution >= 4 is 23.5 Å². The van der Waals surface area contributed by atoms with E-state index in [4.69, 9.17) is 0 Å². The van der Waals surface area contributed by atoms with Gasteiger partial charge in [0.2, 0.25) is 5.91 Å². The van der Waals surface area contributed by atoms with Crippen LogP contribution in [0.4, 0.5) is 10.5 Å². The minimum Gasteiger partial charge on any atom is -0.395 e. The number of amides is 4. The summed E-state index contributed by atoms with van der Waals surface area (Å²) in [4.78, 5) is 38.7. The molecule has 3 rings (SSSR count). The van der Waals surface area contributed by atoms with Gasteiger partial charge >= 0.3 is 6.03 Å². The first-order chi connectivity index (χ1) is 12.6. The predicted octanol–water partition coefficient (Wildman–Crippen LogP) is 0.319. The molecule has 1 atom stereocenters. The Morgan fingerprint density at radius 2 is 2.00 bits per heavy atom. The van der Waals surface area contributed by atoms with E-state index >= 15 is 0 Å². The highest BCUT2D eigenvalue weighted by molar-refractivity contribution is 6.12. The molecule has 8 nitrogen and oxygen atoms in total. The van der Waals surface area contributed by atoms with E-state index in [-0.39, 0.29) is 31.0 Å². The zero-order valence-electron chi connectivity index (χ0n) is 14.6. The van der Waals surface area contributed by atoms with Gasteiger partial charge in [0.05, 0.1) is 6.61 Å². The molecular weight excluding hydrogens is 336 g/mol. The van der Waals surface area contributed by atoms with Crippen LogP contribution in [0.2, 0.25) is 0 Å². The number of benzene rings is 1. The molecule has 4 amide bonds. The molecule has 0 aliphatic carbocycles. The first-order valence-corrected chi connectivity index (χ1v) is 8.93. The lowest BCUT2D eigenvalue weighted by atomic mass is 10.0. The third-order valence-corrected chi connectivity index (χ3v) is 4.88. The Morgan fingerprint density at radius 1 is 1.23 bits per heavy atom. The fourth-order valence-electron chi connectivity index (χ4n) is 3.42.